The Labute approximate surface area is 362 Å². The van der Waals surface area contributed by atoms with Gasteiger partial charge in [0.2, 0.25) is 0 Å². The minimum Gasteiger partial charge on any atom is -0.497 e. The highest BCUT2D eigenvalue weighted by Gasteiger charge is 2.56. The SMILES string of the molecule is COc1ccc(C(OC[C@H]2O[C@@H](n3cnc4c(NC(=O)c5ccccc5)ncnc43)[C@H](OC)[C@@H]2OP2O[C@@]3(C)CCCC[C@@H]3N2C)(c2ccccc2)c2ccc(OC)cc2)cc1. The van der Waals surface area contributed by atoms with Crippen molar-refractivity contribution in [2.45, 2.75) is 74.4 Å². The second-order valence-corrected chi connectivity index (χ2v) is 17.5. The number of hydrogen-bond acceptors (Lipinski definition) is 12. The lowest BCUT2D eigenvalue weighted by Gasteiger charge is -2.37. The number of anilines is 1. The third-order valence-corrected chi connectivity index (χ3v) is 14.2. The molecule has 3 fully saturated rings. The van der Waals surface area contributed by atoms with Gasteiger partial charge in [0, 0.05) is 18.7 Å². The first-order chi connectivity index (χ1) is 30.3. The summed E-state index contributed by atoms with van der Waals surface area (Å²) in [7, 11) is 5.53. The number of ether oxygens (including phenoxy) is 5. The van der Waals surface area contributed by atoms with Crippen LogP contribution in [0.25, 0.3) is 11.2 Å². The van der Waals surface area contributed by atoms with Crippen LogP contribution in [0.4, 0.5) is 5.82 Å². The molecule has 9 rings (SSSR count). The molecule has 3 aliphatic rings. The molecule has 15 heteroatoms. The third-order valence-electron chi connectivity index (χ3n) is 12.4. The molecule has 322 valence electrons. The maximum atomic E-state index is 13.2. The highest BCUT2D eigenvalue weighted by Crippen LogP contribution is 2.61. The molecule has 1 amide bonds. The summed E-state index contributed by atoms with van der Waals surface area (Å²) in [5.41, 5.74) is 2.57. The van der Waals surface area contributed by atoms with Crippen molar-refractivity contribution >= 4 is 31.4 Å². The molecule has 1 N–H and O–H groups in total. The number of benzene rings is 4. The number of carbonyl (C=O) groups is 1. The minimum absolute atomic E-state index is 0.0710. The molecule has 4 heterocycles. The molecule has 14 nitrogen and oxygen atoms in total. The molecule has 0 bridgehead atoms. The molecule has 1 unspecified atom stereocenters. The van der Waals surface area contributed by atoms with Gasteiger partial charge in [0.15, 0.2) is 23.2 Å². The van der Waals surface area contributed by atoms with Crippen LogP contribution in [0.1, 0.15) is 65.9 Å². The number of carbonyl (C=O) groups excluding carboxylic acids is 1. The van der Waals surface area contributed by atoms with Gasteiger partial charge < -0.3 is 38.0 Å². The Balaban J connectivity index is 1.11. The van der Waals surface area contributed by atoms with Crippen LogP contribution in [0.15, 0.2) is 122 Å². The summed E-state index contributed by atoms with van der Waals surface area (Å²) in [6.45, 7) is 2.27. The first kappa shape index (κ1) is 42.0. The maximum Gasteiger partial charge on any atom is 0.259 e. The van der Waals surface area contributed by atoms with Crippen molar-refractivity contribution in [2.24, 2.45) is 0 Å². The summed E-state index contributed by atoms with van der Waals surface area (Å²) in [6, 6.07) is 35.2. The van der Waals surface area contributed by atoms with E-state index in [-0.39, 0.29) is 30.0 Å². The first-order valence-corrected chi connectivity index (χ1v) is 22.0. The predicted octanol–water partition coefficient (Wildman–Crippen LogP) is 8.29. The standard InChI is InChI=1S/C47H51N6O8P/c1-46-27-13-12-18-38(46)52(2)62(61-46)60-40-37(59-45(41(40)57-5)53-30-50-39-42(48-29-49-43(39)53)51-44(54)31-14-8-6-9-15-31)28-58-47(32-16-10-7-11-17-32,33-19-23-35(55-3)24-20-33)34-21-25-36(56-4)26-22-34/h6-11,14-17,19-26,29-30,37-38,40-41,45H,12-13,18,27-28H2,1-5H3,(H,48,49,51,54)/t37-,38+,40-,41-,45-,46+,62?/m1/s1. The molecule has 4 aromatic carbocycles. The number of fused-ring (bicyclic) bond motifs is 2. The van der Waals surface area contributed by atoms with Gasteiger partial charge in [-0.2, -0.15) is 0 Å². The fourth-order valence-corrected chi connectivity index (χ4v) is 11.1. The Kier molecular flexibility index (Phi) is 12.1. The fraction of sp³-hybridized carbons (Fsp3) is 0.362. The van der Waals surface area contributed by atoms with E-state index in [2.05, 4.69) is 46.1 Å². The van der Waals surface area contributed by atoms with Crippen LogP contribution in [0.2, 0.25) is 0 Å². The van der Waals surface area contributed by atoms with Gasteiger partial charge in [-0.3, -0.25) is 9.36 Å². The zero-order chi connectivity index (χ0) is 42.8. The number of nitrogens with one attached hydrogen (secondary N) is 1. The van der Waals surface area contributed by atoms with Crippen molar-refractivity contribution in [2.75, 3.05) is 40.3 Å². The quantitative estimate of drug-likeness (QED) is 0.0833. The number of likely N-dealkylation sites (N-methyl/N-ethyl adjacent to an activating group) is 1. The second-order valence-electron chi connectivity index (χ2n) is 16.0. The minimum atomic E-state index is -1.51. The van der Waals surface area contributed by atoms with Gasteiger partial charge in [-0.1, -0.05) is 85.6 Å². The van der Waals surface area contributed by atoms with Gasteiger partial charge >= 0.3 is 0 Å². The van der Waals surface area contributed by atoms with E-state index in [1.807, 2.05) is 89.5 Å². The van der Waals surface area contributed by atoms with E-state index in [1.165, 1.54) is 6.33 Å². The van der Waals surface area contributed by atoms with Crippen LogP contribution < -0.4 is 14.8 Å². The van der Waals surface area contributed by atoms with Gasteiger partial charge in [0.05, 0.1) is 32.8 Å². The lowest BCUT2D eigenvalue weighted by molar-refractivity contribution is -0.0936. The van der Waals surface area contributed by atoms with Crippen LogP contribution in [0, 0.1) is 0 Å². The zero-order valence-corrected chi connectivity index (χ0v) is 36.3. The third kappa shape index (κ3) is 7.74. The van der Waals surface area contributed by atoms with Crippen molar-refractivity contribution in [1.29, 1.82) is 0 Å². The van der Waals surface area contributed by atoms with Gasteiger partial charge in [-0.15, -0.1) is 0 Å². The monoisotopic (exact) mass is 858 g/mol. The lowest BCUT2D eigenvalue weighted by atomic mass is 9.80. The zero-order valence-electron chi connectivity index (χ0n) is 35.4. The van der Waals surface area contributed by atoms with E-state index in [9.17, 15) is 4.79 Å². The van der Waals surface area contributed by atoms with Crippen LogP contribution in [0.3, 0.4) is 0 Å². The maximum absolute atomic E-state index is 13.2. The van der Waals surface area contributed by atoms with E-state index in [0.717, 1.165) is 53.9 Å². The van der Waals surface area contributed by atoms with Crippen molar-refractivity contribution in [3.8, 4) is 11.5 Å². The summed E-state index contributed by atoms with van der Waals surface area (Å²) in [6.07, 6.45) is 4.49. The fourth-order valence-electron chi connectivity index (χ4n) is 9.16. The molecule has 1 aliphatic carbocycles. The van der Waals surface area contributed by atoms with Gasteiger partial charge in [-0.25, -0.2) is 19.6 Å². The molecule has 2 saturated heterocycles. The average Bonchev–Trinajstić information content (AvgIpc) is 3.98. The molecule has 0 radical (unpaired) electrons. The molecule has 0 spiro atoms. The smallest absolute Gasteiger partial charge is 0.259 e. The van der Waals surface area contributed by atoms with Gasteiger partial charge in [0.1, 0.15) is 41.7 Å². The first-order valence-electron chi connectivity index (χ1n) is 20.9. The number of aromatic nitrogens is 4. The highest BCUT2D eigenvalue weighted by molar-refractivity contribution is 7.45. The number of methoxy groups -OCH3 is 3. The molecule has 1 saturated carbocycles. The number of imidazole rings is 1. The van der Waals surface area contributed by atoms with E-state index in [1.54, 1.807) is 39.8 Å². The van der Waals surface area contributed by atoms with Crippen molar-refractivity contribution < 1.29 is 37.5 Å². The largest absolute Gasteiger partial charge is 0.497 e. The Bertz CT molecular complexity index is 2410. The molecular formula is C47H51N6O8P. The highest BCUT2D eigenvalue weighted by atomic mass is 31.2. The molecule has 7 atom stereocenters. The summed E-state index contributed by atoms with van der Waals surface area (Å²) >= 11 is 0. The van der Waals surface area contributed by atoms with E-state index >= 15 is 0 Å². The summed E-state index contributed by atoms with van der Waals surface area (Å²) in [5, 5.41) is 2.91. The Hall–Kier alpha value is -5.31. The van der Waals surface area contributed by atoms with Crippen LogP contribution in [-0.2, 0) is 28.9 Å². The normalized spacial score (nSPS) is 25.1. The summed E-state index contributed by atoms with van der Waals surface area (Å²) in [5.74, 6) is 1.40. The number of rotatable bonds is 14. The molecule has 2 aliphatic heterocycles. The van der Waals surface area contributed by atoms with Gasteiger partial charge in [0.25, 0.3) is 14.4 Å². The molecular weight excluding hydrogens is 808 g/mol. The average molecular weight is 859 g/mol. The second kappa shape index (κ2) is 17.8. The summed E-state index contributed by atoms with van der Waals surface area (Å²) in [4.78, 5) is 27.0. The Morgan fingerprint density at radius 3 is 2.11 bits per heavy atom. The Morgan fingerprint density at radius 1 is 0.839 bits per heavy atom. The van der Waals surface area contributed by atoms with Gasteiger partial charge in [-0.05, 0) is 79.9 Å². The topological polar surface area (TPSA) is 141 Å². The van der Waals surface area contributed by atoms with Crippen LogP contribution in [-0.4, -0.2) is 95.0 Å². The number of amides is 1. The van der Waals surface area contributed by atoms with Crippen molar-refractivity contribution in [1.82, 2.24) is 24.2 Å². The van der Waals surface area contributed by atoms with Crippen LogP contribution >= 0.6 is 8.53 Å². The van der Waals surface area contributed by atoms with E-state index < -0.39 is 38.7 Å². The lowest BCUT2D eigenvalue weighted by Crippen LogP contribution is -2.44. The summed E-state index contributed by atoms with van der Waals surface area (Å²) < 4.78 is 50.1. The Morgan fingerprint density at radius 2 is 1.48 bits per heavy atom. The molecule has 6 aromatic rings. The van der Waals surface area contributed by atoms with Crippen LogP contribution in [0.5, 0.6) is 11.5 Å². The molecule has 2 aromatic heterocycles. The van der Waals surface area contributed by atoms with Crippen molar-refractivity contribution in [3.63, 3.8) is 0 Å². The van der Waals surface area contributed by atoms with Crippen molar-refractivity contribution in [3.05, 3.63) is 144 Å². The molecule has 62 heavy (non-hydrogen) atoms. The number of nitrogens with zero attached hydrogens (tertiary/aromatic N) is 5. The number of hydrogen-bond donors (Lipinski definition) is 1. The predicted molar refractivity (Wildman–Crippen MR) is 234 cm³/mol. The van der Waals surface area contributed by atoms with E-state index in [0.29, 0.717) is 16.7 Å². The van der Waals surface area contributed by atoms with E-state index in [4.69, 9.17) is 37.7 Å².